The molecule has 140 valence electrons. The first kappa shape index (κ1) is 19.0. The molecule has 0 radical (unpaired) electrons. The fraction of sp³-hybridized carbons (Fsp3) is 0.250. The van der Waals surface area contributed by atoms with E-state index in [0.717, 1.165) is 22.6 Å². The number of ether oxygens (including phenoxy) is 1. The van der Waals surface area contributed by atoms with Crippen LogP contribution in [0.4, 0.5) is 5.69 Å². The van der Waals surface area contributed by atoms with Crippen molar-refractivity contribution in [2.75, 3.05) is 24.3 Å². The van der Waals surface area contributed by atoms with Crippen molar-refractivity contribution in [2.45, 2.75) is 19.0 Å². The monoisotopic (exact) mass is 382 g/mol. The van der Waals surface area contributed by atoms with E-state index in [0.29, 0.717) is 17.5 Å². The summed E-state index contributed by atoms with van der Waals surface area (Å²) in [5.74, 6) is 1.77. The maximum Gasteiger partial charge on any atom is 0.237 e. The average molecular weight is 382 g/mol. The number of anilines is 1. The van der Waals surface area contributed by atoms with Gasteiger partial charge in [0.15, 0.2) is 5.82 Å². The van der Waals surface area contributed by atoms with Crippen LogP contribution in [0.3, 0.4) is 0 Å². The number of amides is 1. The molecule has 1 heterocycles. The lowest BCUT2D eigenvalue weighted by Crippen LogP contribution is -2.32. The third kappa shape index (κ3) is 4.49. The summed E-state index contributed by atoms with van der Waals surface area (Å²) in [5.41, 5.74) is 2.94. The van der Waals surface area contributed by atoms with Crippen molar-refractivity contribution in [1.29, 1.82) is 0 Å². The highest BCUT2D eigenvalue weighted by Gasteiger charge is 2.17. The second kappa shape index (κ2) is 8.73. The number of nitrogens with zero attached hydrogens (tertiary/aromatic N) is 3. The van der Waals surface area contributed by atoms with Crippen molar-refractivity contribution in [3.63, 3.8) is 0 Å². The molecule has 0 saturated carbocycles. The van der Waals surface area contributed by atoms with E-state index < -0.39 is 0 Å². The topological polar surface area (TPSA) is 71.1 Å². The molecule has 0 atom stereocenters. The van der Waals surface area contributed by atoms with Crippen molar-refractivity contribution >= 4 is 23.4 Å². The predicted octanol–water partition coefficient (Wildman–Crippen LogP) is 3.93. The quantitative estimate of drug-likeness (QED) is 0.627. The smallest absolute Gasteiger partial charge is 0.237 e. The molecule has 0 fully saturated rings. The van der Waals surface area contributed by atoms with E-state index in [9.17, 15) is 4.79 Å². The van der Waals surface area contributed by atoms with Crippen LogP contribution in [-0.2, 0) is 4.79 Å². The fourth-order valence-corrected chi connectivity index (χ4v) is 3.41. The third-order valence-electron chi connectivity index (χ3n) is 4.18. The molecule has 27 heavy (non-hydrogen) atoms. The lowest BCUT2D eigenvalue weighted by molar-refractivity contribution is -0.116. The van der Waals surface area contributed by atoms with Crippen molar-refractivity contribution in [3.05, 3.63) is 54.1 Å². The van der Waals surface area contributed by atoms with Gasteiger partial charge in [-0.15, -0.1) is 5.10 Å². The van der Waals surface area contributed by atoms with Crippen molar-refractivity contribution < 1.29 is 9.53 Å². The van der Waals surface area contributed by atoms with E-state index in [2.05, 4.69) is 15.2 Å². The molecule has 2 aromatic carbocycles. The summed E-state index contributed by atoms with van der Waals surface area (Å²) in [6, 6.07) is 15.5. The van der Waals surface area contributed by atoms with E-state index in [1.807, 2.05) is 62.4 Å². The van der Waals surface area contributed by atoms with Gasteiger partial charge in [0.2, 0.25) is 11.1 Å². The summed E-state index contributed by atoms with van der Waals surface area (Å²) in [6.07, 6.45) is 0. The largest absolute Gasteiger partial charge is 0.497 e. The van der Waals surface area contributed by atoms with Crippen molar-refractivity contribution in [1.82, 2.24) is 15.2 Å². The van der Waals surface area contributed by atoms with Crippen LogP contribution in [0.2, 0.25) is 0 Å². The molecule has 1 aromatic heterocycles. The molecule has 0 bridgehead atoms. The molecule has 0 unspecified atom stereocenters. The molecule has 3 rings (SSSR count). The van der Waals surface area contributed by atoms with Gasteiger partial charge in [-0.3, -0.25) is 9.89 Å². The van der Waals surface area contributed by atoms with Gasteiger partial charge in [0.1, 0.15) is 5.75 Å². The Kier molecular flexibility index (Phi) is 6.13. The second-order valence-corrected chi connectivity index (χ2v) is 6.85. The zero-order valence-corrected chi connectivity index (χ0v) is 16.4. The Morgan fingerprint density at radius 1 is 1.19 bits per heavy atom. The highest BCUT2D eigenvalue weighted by atomic mass is 32.2. The highest BCUT2D eigenvalue weighted by Crippen LogP contribution is 2.24. The van der Waals surface area contributed by atoms with Gasteiger partial charge in [-0.05, 0) is 49.7 Å². The average Bonchev–Trinajstić information content (AvgIpc) is 3.17. The number of para-hydroxylation sites is 1. The normalized spacial score (nSPS) is 10.6. The minimum atomic E-state index is 0.0348. The fourth-order valence-electron chi connectivity index (χ4n) is 2.74. The number of carbonyl (C=O) groups is 1. The summed E-state index contributed by atoms with van der Waals surface area (Å²) in [6.45, 7) is 4.60. The summed E-state index contributed by atoms with van der Waals surface area (Å²) in [7, 11) is 1.63. The number of hydrogen-bond acceptors (Lipinski definition) is 5. The molecule has 0 aliphatic rings. The van der Waals surface area contributed by atoms with Gasteiger partial charge in [-0.1, -0.05) is 30.0 Å². The Morgan fingerprint density at radius 3 is 2.59 bits per heavy atom. The number of aryl methyl sites for hydroxylation is 1. The van der Waals surface area contributed by atoms with Crippen LogP contribution < -0.4 is 9.64 Å². The van der Waals surface area contributed by atoms with Gasteiger partial charge < -0.3 is 9.64 Å². The zero-order valence-electron chi connectivity index (χ0n) is 15.6. The Balaban J connectivity index is 1.65. The van der Waals surface area contributed by atoms with Gasteiger partial charge >= 0.3 is 0 Å². The van der Waals surface area contributed by atoms with Crippen LogP contribution >= 0.6 is 11.8 Å². The van der Waals surface area contributed by atoms with Gasteiger partial charge in [0.05, 0.1) is 12.9 Å². The maximum atomic E-state index is 12.7. The summed E-state index contributed by atoms with van der Waals surface area (Å²) in [5, 5.41) is 7.68. The molecular formula is C20H22N4O2S. The Morgan fingerprint density at radius 2 is 1.93 bits per heavy atom. The van der Waals surface area contributed by atoms with Gasteiger partial charge in [0.25, 0.3) is 0 Å². The Labute approximate surface area is 163 Å². The number of thioether (sulfide) groups is 1. The molecule has 7 heteroatoms. The summed E-state index contributed by atoms with van der Waals surface area (Å²) >= 11 is 1.33. The van der Waals surface area contributed by atoms with Crippen LogP contribution in [-0.4, -0.2) is 40.5 Å². The second-order valence-electron chi connectivity index (χ2n) is 5.91. The van der Waals surface area contributed by atoms with Crippen LogP contribution in [0.1, 0.15) is 12.5 Å². The number of benzene rings is 2. The molecule has 1 amide bonds. The van der Waals surface area contributed by atoms with Gasteiger partial charge in [-0.2, -0.15) is 0 Å². The molecular weight excluding hydrogens is 360 g/mol. The molecule has 0 aliphatic carbocycles. The van der Waals surface area contributed by atoms with Gasteiger partial charge in [0, 0.05) is 17.8 Å². The third-order valence-corrected chi connectivity index (χ3v) is 5.01. The minimum Gasteiger partial charge on any atom is -0.497 e. The van der Waals surface area contributed by atoms with Crippen LogP contribution in [0.5, 0.6) is 5.75 Å². The van der Waals surface area contributed by atoms with Gasteiger partial charge in [-0.25, -0.2) is 4.98 Å². The SMILES string of the molecule is CCN(C(=O)CSc1n[nH]c(-c2ccc(OC)cc2)n1)c1ccccc1C. The molecule has 0 aliphatic heterocycles. The number of rotatable bonds is 7. The van der Waals surface area contributed by atoms with E-state index >= 15 is 0 Å². The Bertz CT molecular complexity index is 908. The number of aromatic amines is 1. The number of methoxy groups -OCH3 is 1. The van der Waals surface area contributed by atoms with E-state index in [-0.39, 0.29) is 11.7 Å². The van der Waals surface area contributed by atoms with E-state index in [1.54, 1.807) is 12.0 Å². The highest BCUT2D eigenvalue weighted by molar-refractivity contribution is 7.99. The summed E-state index contributed by atoms with van der Waals surface area (Å²) < 4.78 is 5.16. The lowest BCUT2D eigenvalue weighted by Gasteiger charge is -2.22. The summed E-state index contributed by atoms with van der Waals surface area (Å²) in [4.78, 5) is 18.9. The number of H-pyrrole nitrogens is 1. The standard InChI is InChI=1S/C20H22N4O2S/c1-4-24(17-8-6-5-7-14(17)2)18(25)13-27-20-21-19(22-23-20)15-9-11-16(26-3)12-10-15/h5-12H,4,13H2,1-3H3,(H,21,22,23). The first-order valence-electron chi connectivity index (χ1n) is 8.68. The number of nitrogens with one attached hydrogen (secondary N) is 1. The maximum absolute atomic E-state index is 12.7. The van der Waals surface area contributed by atoms with Crippen molar-refractivity contribution in [3.8, 4) is 17.1 Å². The molecule has 1 N–H and O–H groups in total. The number of aromatic nitrogens is 3. The molecule has 3 aromatic rings. The Hall–Kier alpha value is -2.80. The van der Waals surface area contributed by atoms with Crippen LogP contribution in [0.15, 0.2) is 53.7 Å². The number of carbonyl (C=O) groups excluding carboxylic acids is 1. The minimum absolute atomic E-state index is 0.0348. The molecule has 0 spiro atoms. The number of hydrogen-bond donors (Lipinski definition) is 1. The van der Waals surface area contributed by atoms with Crippen LogP contribution in [0, 0.1) is 6.92 Å². The van der Waals surface area contributed by atoms with E-state index in [4.69, 9.17) is 4.74 Å². The first-order valence-corrected chi connectivity index (χ1v) is 9.66. The van der Waals surface area contributed by atoms with E-state index in [1.165, 1.54) is 11.8 Å². The lowest BCUT2D eigenvalue weighted by atomic mass is 10.2. The molecule has 6 nitrogen and oxygen atoms in total. The molecule has 0 saturated heterocycles. The zero-order chi connectivity index (χ0) is 19.2. The van der Waals surface area contributed by atoms with Crippen molar-refractivity contribution in [2.24, 2.45) is 0 Å². The first-order chi connectivity index (χ1) is 13.1. The van der Waals surface area contributed by atoms with Crippen LogP contribution in [0.25, 0.3) is 11.4 Å². The predicted molar refractivity (Wildman–Crippen MR) is 108 cm³/mol.